The van der Waals surface area contributed by atoms with Gasteiger partial charge in [0.2, 0.25) is 11.8 Å². The Bertz CT molecular complexity index is 1660. The van der Waals surface area contributed by atoms with Crippen molar-refractivity contribution in [3.63, 3.8) is 0 Å². The Morgan fingerprint density at radius 3 is 1.91 bits per heavy atom. The maximum atomic E-state index is 13.8. The minimum absolute atomic E-state index is 0.0374. The van der Waals surface area contributed by atoms with Gasteiger partial charge in [-0.05, 0) is 56.5 Å². The van der Waals surface area contributed by atoms with Crippen LogP contribution >= 0.6 is 0 Å². The Hall–Kier alpha value is -3.76. The molecule has 0 atom stereocenters. The Morgan fingerprint density at radius 1 is 0.685 bits per heavy atom. The first-order valence-corrected chi connectivity index (χ1v) is 19.3. The van der Waals surface area contributed by atoms with Crippen LogP contribution in [0.3, 0.4) is 0 Å². The highest BCUT2D eigenvalue weighted by atomic mass is 16.5. The molecular weight excluding hydrogens is 692 g/mol. The summed E-state index contributed by atoms with van der Waals surface area (Å²) < 4.78 is 30.7. The summed E-state index contributed by atoms with van der Waals surface area (Å²) in [6.07, 6.45) is 2.18. The van der Waals surface area contributed by atoms with Gasteiger partial charge >= 0.3 is 0 Å². The molecule has 2 aliphatic heterocycles. The van der Waals surface area contributed by atoms with E-state index in [1.54, 1.807) is 11.0 Å². The van der Waals surface area contributed by atoms with Crippen molar-refractivity contribution in [2.24, 2.45) is 0 Å². The Morgan fingerprint density at radius 2 is 1.26 bits per heavy atom. The Balaban J connectivity index is 1.12. The summed E-state index contributed by atoms with van der Waals surface area (Å²) in [6.45, 7) is 13.6. The fraction of sp³-hybridized carbons (Fsp3) is 0.600. The average Bonchev–Trinajstić information content (AvgIpc) is 3.17. The number of unbranched alkanes of at least 4 members (excludes halogenated alkanes) is 1. The van der Waals surface area contributed by atoms with Crippen molar-refractivity contribution in [2.45, 2.75) is 46.2 Å². The molecule has 0 spiro atoms. The molecular formula is C40H58N6O8. The predicted octanol–water partition coefficient (Wildman–Crippen LogP) is 2.87. The van der Waals surface area contributed by atoms with Gasteiger partial charge in [0.1, 0.15) is 12.4 Å². The number of rotatable bonds is 10. The van der Waals surface area contributed by atoms with Gasteiger partial charge in [-0.15, -0.1) is 0 Å². The van der Waals surface area contributed by atoms with Crippen LogP contribution < -0.4 is 10.9 Å². The number of hydrogen-bond donors (Lipinski definition) is 1. The van der Waals surface area contributed by atoms with Crippen LogP contribution in [0.15, 0.2) is 47.3 Å². The fourth-order valence-electron chi connectivity index (χ4n) is 6.53. The molecule has 54 heavy (non-hydrogen) atoms. The lowest BCUT2D eigenvalue weighted by Gasteiger charge is -2.28. The van der Waals surface area contributed by atoms with Crippen molar-refractivity contribution in [1.82, 2.24) is 24.3 Å². The number of para-hydroxylation sites is 2. The van der Waals surface area contributed by atoms with Gasteiger partial charge in [-0.1, -0.05) is 30.3 Å². The van der Waals surface area contributed by atoms with Gasteiger partial charge in [0.25, 0.3) is 5.56 Å². The second-order valence-corrected chi connectivity index (χ2v) is 13.8. The zero-order chi connectivity index (χ0) is 38.0. The highest BCUT2D eigenvalue weighted by molar-refractivity contribution is 5.91. The maximum absolute atomic E-state index is 13.8. The van der Waals surface area contributed by atoms with Crippen molar-refractivity contribution in [3.05, 3.63) is 69.8 Å². The molecule has 2 aliphatic rings. The summed E-state index contributed by atoms with van der Waals surface area (Å²) in [4.78, 5) is 50.8. The van der Waals surface area contributed by atoms with E-state index in [1.165, 1.54) is 4.57 Å². The van der Waals surface area contributed by atoms with Crippen molar-refractivity contribution in [1.29, 1.82) is 0 Å². The normalized spacial score (nSPS) is 18.2. The van der Waals surface area contributed by atoms with E-state index in [-0.39, 0.29) is 23.9 Å². The first-order valence-electron chi connectivity index (χ1n) is 19.3. The van der Waals surface area contributed by atoms with Gasteiger partial charge in [0.05, 0.1) is 83.5 Å². The zero-order valence-corrected chi connectivity index (χ0v) is 32.1. The molecule has 2 fully saturated rings. The number of amides is 2. The van der Waals surface area contributed by atoms with Crippen molar-refractivity contribution >= 4 is 28.4 Å². The van der Waals surface area contributed by atoms with Crippen molar-refractivity contribution < 1.29 is 33.3 Å². The van der Waals surface area contributed by atoms with Gasteiger partial charge in [-0.3, -0.25) is 28.8 Å². The number of anilines is 1. The second-order valence-electron chi connectivity index (χ2n) is 13.8. The van der Waals surface area contributed by atoms with E-state index in [4.69, 9.17) is 28.7 Å². The number of morpholine rings is 1. The van der Waals surface area contributed by atoms with Gasteiger partial charge < -0.3 is 33.9 Å². The molecule has 2 aromatic carbocycles. The maximum Gasteiger partial charge on any atom is 0.261 e. The SMILES string of the molecule is Cc1ccccc1NC(=O)CCCCN1CCOCCOCCN(Cc2nc3c(C)cccc3c(=O)n2CC(=O)N2CCOCC2)CCOCCOCC1. The van der Waals surface area contributed by atoms with E-state index in [0.29, 0.717) is 122 Å². The Labute approximate surface area is 318 Å². The lowest BCUT2D eigenvalue weighted by atomic mass is 10.1. The van der Waals surface area contributed by atoms with Gasteiger partial charge in [-0.25, -0.2) is 4.98 Å². The minimum Gasteiger partial charge on any atom is -0.378 e. The molecule has 0 bridgehead atoms. The molecule has 1 aromatic heterocycles. The van der Waals surface area contributed by atoms with E-state index in [9.17, 15) is 14.4 Å². The van der Waals surface area contributed by atoms with Crippen molar-refractivity contribution in [2.75, 3.05) is 117 Å². The zero-order valence-electron chi connectivity index (χ0n) is 32.1. The molecule has 0 saturated carbocycles. The average molecular weight is 751 g/mol. The summed E-state index contributed by atoms with van der Waals surface area (Å²) in [7, 11) is 0. The first kappa shape index (κ1) is 41.4. The number of aryl methyl sites for hydroxylation is 2. The molecule has 1 N–H and O–H groups in total. The third-order valence-electron chi connectivity index (χ3n) is 9.79. The smallest absolute Gasteiger partial charge is 0.261 e. The molecule has 2 saturated heterocycles. The van der Waals surface area contributed by atoms with Crippen molar-refractivity contribution in [3.8, 4) is 0 Å². The molecule has 0 aliphatic carbocycles. The predicted molar refractivity (Wildman–Crippen MR) is 207 cm³/mol. The number of carbonyl (C=O) groups excluding carboxylic acids is 2. The third-order valence-corrected chi connectivity index (χ3v) is 9.79. The van der Waals surface area contributed by atoms with Crippen LogP contribution in [0, 0.1) is 13.8 Å². The van der Waals surface area contributed by atoms with Crippen LogP contribution in [0.4, 0.5) is 5.69 Å². The largest absolute Gasteiger partial charge is 0.378 e. The first-order chi connectivity index (χ1) is 26.4. The standard InChI is InChI=1S/C40H58N6O8/c1-32-8-3-4-11-35(32)41-37(47)12-5-6-13-43-14-20-51-26-28-53-22-16-44(17-23-54-29-27-52-21-15-43)30-36-42-39-33(2)9-7-10-34(39)40(49)46(36)31-38(48)45-18-24-50-25-19-45/h3-4,7-11H,5-6,12-31H2,1-2H3,(H,41,47). The molecule has 3 heterocycles. The number of hydrogen-bond acceptors (Lipinski definition) is 11. The van der Waals surface area contributed by atoms with Crippen LogP contribution in [0.1, 0.15) is 36.2 Å². The highest BCUT2D eigenvalue weighted by Crippen LogP contribution is 2.16. The van der Waals surface area contributed by atoms with E-state index < -0.39 is 0 Å². The minimum atomic E-state index is -0.219. The summed E-state index contributed by atoms with van der Waals surface area (Å²) in [6, 6.07) is 13.4. The number of nitrogens with zero attached hydrogens (tertiary/aromatic N) is 5. The second kappa shape index (κ2) is 22.6. The molecule has 14 nitrogen and oxygen atoms in total. The number of fused-ring (bicyclic) bond motifs is 1. The van der Waals surface area contributed by atoms with E-state index in [1.807, 2.05) is 50.2 Å². The lowest BCUT2D eigenvalue weighted by Crippen LogP contribution is -2.44. The molecule has 0 radical (unpaired) electrons. The van der Waals surface area contributed by atoms with Crippen LogP contribution in [0.25, 0.3) is 10.9 Å². The van der Waals surface area contributed by atoms with Crippen LogP contribution in [0.2, 0.25) is 0 Å². The molecule has 5 rings (SSSR count). The molecule has 296 valence electrons. The third kappa shape index (κ3) is 13.2. The van der Waals surface area contributed by atoms with E-state index in [0.717, 1.165) is 49.3 Å². The summed E-state index contributed by atoms with van der Waals surface area (Å²) in [5.41, 5.74) is 3.26. The summed E-state index contributed by atoms with van der Waals surface area (Å²) in [5.74, 6) is 0.450. The highest BCUT2D eigenvalue weighted by Gasteiger charge is 2.22. The van der Waals surface area contributed by atoms with Gasteiger partial charge in [0, 0.05) is 51.4 Å². The van der Waals surface area contributed by atoms with Gasteiger partial charge in [0.15, 0.2) is 0 Å². The van der Waals surface area contributed by atoms with Gasteiger partial charge in [-0.2, -0.15) is 0 Å². The quantitative estimate of drug-likeness (QED) is 0.307. The topological polar surface area (TPSA) is 137 Å². The molecule has 2 amide bonds. The molecule has 0 unspecified atom stereocenters. The van der Waals surface area contributed by atoms with E-state index in [2.05, 4.69) is 15.1 Å². The van der Waals surface area contributed by atoms with Crippen LogP contribution in [-0.4, -0.2) is 148 Å². The lowest BCUT2D eigenvalue weighted by molar-refractivity contribution is -0.136. The molecule has 14 heteroatoms. The fourth-order valence-corrected chi connectivity index (χ4v) is 6.53. The Kier molecular flexibility index (Phi) is 17.3. The molecule has 3 aromatic rings. The number of ether oxygens (including phenoxy) is 5. The number of carbonyl (C=O) groups is 2. The number of nitrogens with one attached hydrogen (secondary N) is 1. The monoisotopic (exact) mass is 750 g/mol. The summed E-state index contributed by atoms with van der Waals surface area (Å²) in [5, 5.41) is 3.52. The van der Waals surface area contributed by atoms with E-state index >= 15 is 0 Å². The van der Waals surface area contributed by atoms with Crippen LogP contribution in [-0.2, 0) is 46.4 Å². The number of benzene rings is 2. The van der Waals surface area contributed by atoms with Crippen LogP contribution in [0.5, 0.6) is 0 Å². The summed E-state index contributed by atoms with van der Waals surface area (Å²) >= 11 is 0. The number of aromatic nitrogens is 2.